The maximum absolute atomic E-state index is 2.54. The number of fused-ring (bicyclic) bond motifs is 7. The number of hydrogen-bond donors (Lipinski definition) is 0. The van der Waals surface area contributed by atoms with Gasteiger partial charge in [-0.1, -0.05) is 133 Å². The van der Waals surface area contributed by atoms with E-state index in [0.29, 0.717) is 0 Å². The molecule has 2 heterocycles. The van der Waals surface area contributed by atoms with Gasteiger partial charge in [-0.15, -0.1) is 0 Å². The fraction of sp³-hybridized carbons (Fsp3) is 0.0435. The van der Waals surface area contributed by atoms with Crippen molar-refractivity contribution >= 4 is 60.0 Å². The second-order valence-corrected chi connectivity index (χ2v) is 12.9. The van der Waals surface area contributed by atoms with Crippen LogP contribution in [0, 0.1) is 0 Å². The van der Waals surface area contributed by atoms with Crippen LogP contribution in [-0.4, -0.2) is 9.13 Å². The molecular formula is C46H32N2. The lowest BCUT2D eigenvalue weighted by atomic mass is 9.96. The van der Waals surface area contributed by atoms with Crippen molar-refractivity contribution in [2.45, 2.75) is 12.5 Å². The van der Waals surface area contributed by atoms with E-state index < -0.39 is 0 Å². The Kier molecular flexibility index (Phi) is 6.04. The molecule has 0 fully saturated rings. The zero-order chi connectivity index (χ0) is 31.6. The van der Waals surface area contributed by atoms with Gasteiger partial charge in [0.1, 0.15) is 0 Å². The minimum atomic E-state index is 0.245. The molecule has 9 aromatic rings. The highest BCUT2D eigenvalue weighted by Crippen LogP contribution is 2.40. The molecule has 0 N–H and O–H groups in total. The zero-order valence-electron chi connectivity index (χ0n) is 26.4. The SMILES string of the molecule is C1=CC(c2ccccc2)=CC(n2c3ccccc3c3cc(-c4ccc5c(c4)c4ccccc4n5-c4cccc5ccccc45)ccc32)C1. The summed E-state index contributed by atoms with van der Waals surface area (Å²) in [6, 6.07) is 58.0. The van der Waals surface area contributed by atoms with Gasteiger partial charge in [0.2, 0.25) is 0 Å². The van der Waals surface area contributed by atoms with Crippen LogP contribution in [0.25, 0.3) is 76.8 Å². The predicted molar refractivity (Wildman–Crippen MR) is 204 cm³/mol. The molecule has 2 aromatic heterocycles. The van der Waals surface area contributed by atoms with Crippen LogP contribution in [0.4, 0.5) is 0 Å². The lowest BCUT2D eigenvalue weighted by molar-refractivity contribution is 0.650. The molecule has 0 saturated heterocycles. The van der Waals surface area contributed by atoms with Crippen molar-refractivity contribution in [3.8, 4) is 16.8 Å². The van der Waals surface area contributed by atoms with Gasteiger partial charge in [-0.2, -0.15) is 0 Å². The van der Waals surface area contributed by atoms with E-state index in [1.165, 1.54) is 82.3 Å². The monoisotopic (exact) mass is 612 g/mol. The molecule has 0 amide bonds. The van der Waals surface area contributed by atoms with Crippen LogP contribution >= 0.6 is 0 Å². The Labute approximate surface area is 279 Å². The largest absolute Gasteiger partial charge is 0.333 e. The third kappa shape index (κ3) is 4.13. The summed E-state index contributed by atoms with van der Waals surface area (Å²) in [6.45, 7) is 0. The lowest BCUT2D eigenvalue weighted by Gasteiger charge is -2.21. The number of allylic oxidation sites excluding steroid dienone is 4. The first-order valence-electron chi connectivity index (χ1n) is 16.8. The summed E-state index contributed by atoms with van der Waals surface area (Å²) in [6.07, 6.45) is 8.01. The molecule has 7 aromatic carbocycles. The van der Waals surface area contributed by atoms with Gasteiger partial charge in [-0.3, -0.25) is 0 Å². The molecule has 2 heteroatoms. The minimum Gasteiger partial charge on any atom is -0.333 e. The number of aromatic nitrogens is 2. The van der Waals surface area contributed by atoms with Crippen LogP contribution in [0.3, 0.4) is 0 Å². The maximum Gasteiger partial charge on any atom is 0.0566 e. The number of rotatable bonds is 4. The number of nitrogens with zero attached hydrogens (tertiary/aromatic N) is 2. The fourth-order valence-electron chi connectivity index (χ4n) is 8.02. The van der Waals surface area contributed by atoms with Gasteiger partial charge in [-0.05, 0) is 76.5 Å². The van der Waals surface area contributed by atoms with Crippen molar-refractivity contribution < 1.29 is 0 Å². The van der Waals surface area contributed by atoms with Crippen LogP contribution in [0.2, 0.25) is 0 Å². The summed E-state index contributed by atoms with van der Waals surface area (Å²) in [5.41, 5.74) is 11.2. The van der Waals surface area contributed by atoms with Crippen LogP contribution in [-0.2, 0) is 0 Å². The second-order valence-electron chi connectivity index (χ2n) is 12.9. The predicted octanol–water partition coefficient (Wildman–Crippen LogP) is 12.3. The molecular weight excluding hydrogens is 581 g/mol. The molecule has 1 atom stereocenters. The lowest BCUT2D eigenvalue weighted by Crippen LogP contribution is -2.08. The first-order chi connectivity index (χ1) is 23.8. The molecule has 1 unspecified atom stereocenters. The van der Waals surface area contributed by atoms with Gasteiger partial charge in [0.25, 0.3) is 0 Å². The number of para-hydroxylation sites is 2. The Morgan fingerprint density at radius 3 is 1.83 bits per heavy atom. The maximum atomic E-state index is 2.54. The van der Waals surface area contributed by atoms with E-state index in [1.54, 1.807) is 0 Å². The van der Waals surface area contributed by atoms with Crippen LogP contribution < -0.4 is 0 Å². The molecule has 2 nitrogen and oxygen atoms in total. The third-order valence-corrected chi connectivity index (χ3v) is 10.2. The molecule has 0 spiro atoms. The number of benzene rings is 7. The Hall–Kier alpha value is -6.12. The molecule has 0 saturated carbocycles. The van der Waals surface area contributed by atoms with Crippen LogP contribution in [0.1, 0.15) is 18.0 Å². The molecule has 0 bridgehead atoms. The summed E-state index contributed by atoms with van der Waals surface area (Å²) < 4.78 is 4.98. The Morgan fingerprint density at radius 1 is 0.438 bits per heavy atom. The van der Waals surface area contributed by atoms with Crippen molar-refractivity contribution in [3.63, 3.8) is 0 Å². The van der Waals surface area contributed by atoms with Gasteiger partial charge in [0.05, 0.1) is 22.8 Å². The van der Waals surface area contributed by atoms with E-state index in [-0.39, 0.29) is 6.04 Å². The quantitative estimate of drug-likeness (QED) is 0.187. The molecule has 0 aliphatic heterocycles. The topological polar surface area (TPSA) is 9.86 Å². The van der Waals surface area contributed by atoms with E-state index in [1.807, 2.05) is 0 Å². The van der Waals surface area contributed by atoms with E-state index in [9.17, 15) is 0 Å². The van der Waals surface area contributed by atoms with Crippen molar-refractivity contribution in [2.75, 3.05) is 0 Å². The first-order valence-corrected chi connectivity index (χ1v) is 16.8. The molecule has 226 valence electrons. The summed E-state index contributed by atoms with van der Waals surface area (Å²) in [5, 5.41) is 7.64. The van der Waals surface area contributed by atoms with Gasteiger partial charge in [0.15, 0.2) is 0 Å². The van der Waals surface area contributed by atoms with Crippen molar-refractivity contribution in [1.82, 2.24) is 9.13 Å². The zero-order valence-corrected chi connectivity index (χ0v) is 26.4. The molecule has 0 radical (unpaired) electrons. The average Bonchev–Trinajstić information content (AvgIpc) is 3.67. The molecule has 10 rings (SSSR count). The Morgan fingerprint density at radius 2 is 1.02 bits per heavy atom. The fourth-order valence-corrected chi connectivity index (χ4v) is 8.02. The minimum absolute atomic E-state index is 0.245. The highest BCUT2D eigenvalue weighted by Gasteiger charge is 2.20. The summed E-state index contributed by atoms with van der Waals surface area (Å²) >= 11 is 0. The molecule has 1 aliphatic rings. The van der Waals surface area contributed by atoms with Gasteiger partial charge in [-0.25, -0.2) is 0 Å². The van der Waals surface area contributed by atoms with E-state index in [2.05, 4.69) is 185 Å². The van der Waals surface area contributed by atoms with Crippen molar-refractivity contribution in [3.05, 3.63) is 182 Å². The van der Waals surface area contributed by atoms with Gasteiger partial charge >= 0.3 is 0 Å². The normalized spacial score (nSPS) is 14.8. The number of hydrogen-bond acceptors (Lipinski definition) is 0. The summed E-state index contributed by atoms with van der Waals surface area (Å²) in [7, 11) is 0. The second kappa shape index (κ2) is 10.7. The molecule has 48 heavy (non-hydrogen) atoms. The van der Waals surface area contributed by atoms with Crippen LogP contribution in [0.15, 0.2) is 176 Å². The van der Waals surface area contributed by atoms with Crippen molar-refractivity contribution in [1.29, 1.82) is 0 Å². The van der Waals surface area contributed by atoms with E-state index in [0.717, 1.165) is 6.42 Å². The van der Waals surface area contributed by atoms with E-state index in [4.69, 9.17) is 0 Å². The standard InChI is InChI=1S/C46H32N2/c1-2-12-31(13-3-1)33-16-10-17-36(28-33)47-43-21-8-6-19-38(43)40-29-34(24-26-45(40)47)35-25-27-46-41(30-35)39-20-7-9-22-44(39)48(46)42-23-11-15-32-14-4-5-18-37(32)42/h1-16,18-30,36H,17H2. The Bertz CT molecular complexity index is 2750. The average molecular weight is 613 g/mol. The highest BCUT2D eigenvalue weighted by atomic mass is 15.0. The first kappa shape index (κ1) is 27.0. The van der Waals surface area contributed by atoms with Crippen molar-refractivity contribution in [2.24, 2.45) is 0 Å². The highest BCUT2D eigenvalue weighted by molar-refractivity contribution is 6.13. The molecule has 1 aliphatic carbocycles. The Balaban J connectivity index is 1.14. The summed E-state index contributed by atoms with van der Waals surface area (Å²) in [4.78, 5) is 0. The van der Waals surface area contributed by atoms with Gasteiger partial charge < -0.3 is 9.13 Å². The van der Waals surface area contributed by atoms with E-state index >= 15 is 0 Å². The summed E-state index contributed by atoms with van der Waals surface area (Å²) in [5.74, 6) is 0. The van der Waals surface area contributed by atoms with Gasteiger partial charge in [0, 0.05) is 38.0 Å². The smallest absolute Gasteiger partial charge is 0.0566 e. The van der Waals surface area contributed by atoms with Crippen LogP contribution in [0.5, 0.6) is 0 Å². The third-order valence-electron chi connectivity index (χ3n) is 10.2.